The predicted octanol–water partition coefficient (Wildman–Crippen LogP) is -1.36. The maximum atomic E-state index is 8.25. The average Bonchev–Trinajstić information content (AvgIpc) is 0.811. The first-order valence-electron chi connectivity index (χ1n) is 0.548. The SMILES string of the molecule is O.O=[N+]([O-])[O-].[Mn+2].[Mn+2].[O-2].[OH-]. The first-order chi connectivity index (χ1) is 1.73. The fourth-order valence-corrected chi connectivity index (χ4v) is 0. The van der Waals surface area contributed by atoms with Crippen molar-refractivity contribution in [2.24, 2.45) is 0 Å². The number of hydrogen-bond donors (Lipinski definition) is 0. The average molecular weight is 223 g/mol. The molecule has 2 radical (unpaired) electrons. The van der Waals surface area contributed by atoms with Crippen molar-refractivity contribution >= 4 is 0 Å². The van der Waals surface area contributed by atoms with Crippen LogP contribution in [0.3, 0.4) is 0 Å². The molecule has 58 valence electrons. The molecule has 9 heavy (non-hydrogen) atoms. The fraction of sp³-hybridized carbons (Fsp3) is 0. The molecule has 0 aromatic carbocycles. The minimum atomic E-state index is -1.75. The smallest absolute Gasteiger partial charge is 2.00 e. The van der Waals surface area contributed by atoms with Crippen molar-refractivity contribution in [3.05, 3.63) is 15.3 Å². The molecule has 0 aliphatic heterocycles. The summed E-state index contributed by atoms with van der Waals surface area (Å²) in [5, 5.41) is 14.8. The van der Waals surface area contributed by atoms with Crippen LogP contribution >= 0.6 is 0 Å². The molecule has 0 bridgehead atoms. The van der Waals surface area contributed by atoms with Gasteiger partial charge in [-0.3, -0.25) is 0 Å². The Morgan fingerprint density at radius 3 is 1.11 bits per heavy atom. The van der Waals surface area contributed by atoms with Gasteiger partial charge in [-0.05, 0) is 0 Å². The molecule has 0 amide bonds. The topological polar surface area (TPSA) is 156 Å². The van der Waals surface area contributed by atoms with Gasteiger partial charge in [0.05, 0.1) is 5.09 Å². The monoisotopic (exact) mass is 223 g/mol. The molecular weight excluding hydrogens is 220 g/mol. The van der Waals surface area contributed by atoms with E-state index >= 15 is 0 Å². The van der Waals surface area contributed by atoms with Gasteiger partial charge in [-0.15, -0.1) is 0 Å². The summed E-state index contributed by atoms with van der Waals surface area (Å²) in [6, 6.07) is 0. The van der Waals surface area contributed by atoms with Gasteiger partial charge in [0, 0.05) is 0 Å². The third-order valence-electron chi connectivity index (χ3n) is 0. The zero-order valence-electron chi connectivity index (χ0n) is 3.78. The molecule has 9 heteroatoms. The summed E-state index contributed by atoms with van der Waals surface area (Å²) < 4.78 is 0. The van der Waals surface area contributed by atoms with Crippen LogP contribution in [0.1, 0.15) is 0 Å². The van der Waals surface area contributed by atoms with Gasteiger partial charge in [0.25, 0.3) is 0 Å². The zero-order chi connectivity index (χ0) is 3.58. The Labute approximate surface area is 71.4 Å². The van der Waals surface area contributed by atoms with E-state index in [1.165, 1.54) is 0 Å². The van der Waals surface area contributed by atoms with E-state index in [9.17, 15) is 0 Å². The van der Waals surface area contributed by atoms with Gasteiger partial charge >= 0.3 is 34.1 Å². The molecule has 0 aromatic rings. The van der Waals surface area contributed by atoms with E-state index in [0.717, 1.165) is 0 Å². The molecule has 0 unspecified atom stereocenters. The second kappa shape index (κ2) is 42.3. The quantitative estimate of drug-likeness (QED) is 0.282. The van der Waals surface area contributed by atoms with Crippen LogP contribution < -0.4 is 0 Å². The Balaban J connectivity index is -0.00000000450. The second-order valence-corrected chi connectivity index (χ2v) is 0.224. The summed E-state index contributed by atoms with van der Waals surface area (Å²) in [6.07, 6.45) is 0. The van der Waals surface area contributed by atoms with Crippen LogP contribution in [0.4, 0.5) is 0 Å². The van der Waals surface area contributed by atoms with E-state index < -0.39 is 5.09 Å². The standard InChI is InChI=1S/2Mn.NO3.2H2O.O/c;;2-1(3)4;;;/h;;;2*1H2;/q2*+2;-1;;;-2/p-1. The number of nitrogens with zero attached hydrogens (tertiary/aromatic N) is 1. The zero-order valence-corrected chi connectivity index (χ0v) is 6.14. The van der Waals surface area contributed by atoms with Crippen LogP contribution in [0, 0.1) is 15.3 Å². The Bertz CT molecular complexity index is 34.0. The molecule has 3 N–H and O–H groups in total. The molecule has 0 heterocycles. The Hall–Kier alpha value is 0.119. The second-order valence-electron chi connectivity index (χ2n) is 0.224. The van der Waals surface area contributed by atoms with Crippen LogP contribution in [0.25, 0.3) is 0 Å². The van der Waals surface area contributed by atoms with Crippen LogP contribution in [-0.4, -0.2) is 16.0 Å². The molecule has 0 rings (SSSR count). The van der Waals surface area contributed by atoms with E-state index in [2.05, 4.69) is 0 Å². The normalized spacial score (nSPS) is 2.67. The summed E-state index contributed by atoms with van der Waals surface area (Å²) in [6.45, 7) is 0. The molecule has 7 nitrogen and oxygen atoms in total. The van der Waals surface area contributed by atoms with Crippen molar-refractivity contribution in [1.82, 2.24) is 0 Å². The Morgan fingerprint density at radius 2 is 1.11 bits per heavy atom. The molecule has 0 saturated heterocycles. The first kappa shape index (κ1) is 61.8. The van der Waals surface area contributed by atoms with Gasteiger partial charge in [0.2, 0.25) is 0 Å². The summed E-state index contributed by atoms with van der Waals surface area (Å²) in [7, 11) is 0. The van der Waals surface area contributed by atoms with Gasteiger partial charge in [-0.1, -0.05) is 0 Å². The summed E-state index contributed by atoms with van der Waals surface area (Å²) >= 11 is 0. The van der Waals surface area contributed by atoms with Crippen molar-refractivity contribution in [1.29, 1.82) is 0 Å². The van der Waals surface area contributed by atoms with Crippen molar-refractivity contribution < 1.29 is 55.7 Å². The van der Waals surface area contributed by atoms with Gasteiger partial charge in [-0.25, -0.2) is 0 Å². The minimum absolute atomic E-state index is 0. The van der Waals surface area contributed by atoms with Gasteiger partial charge < -0.3 is 31.8 Å². The maximum Gasteiger partial charge on any atom is 2.00 e. The maximum absolute atomic E-state index is 8.25. The number of hydrogen-bond acceptors (Lipinski definition) is 4. The third kappa shape index (κ3) is 21500. The van der Waals surface area contributed by atoms with E-state index in [1.54, 1.807) is 0 Å². The van der Waals surface area contributed by atoms with Crippen LogP contribution in [0.5, 0.6) is 0 Å². The van der Waals surface area contributed by atoms with Crippen molar-refractivity contribution in [3.8, 4) is 0 Å². The Morgan fingerprint density at radius 1 is 1.11 bits per heavy atom. The van der Waals surface area contributed by atoms with E-state index in [4.69, 9.17) is 15.3 Å². The van der Waals surface area contributed by atoms with Crippen molar-refractivity contribution in [2.75, 3.05) is 0 Å². The molecular formula is H3Mn2NO6. The van der Waals surface area contributed by atoms with E-state index in [1.807, 2.05) is 0 Å². The molecule has 0 saturated carbocycles. The molecule has 0 atom stereocenters. The van der Waals surface area contributed by atoms with Crippen LogP contribution in [0.15, 0.2) is 0 Å². The summed E-state index contributed by atoms with van der Waals surface area (Å²) in [5.41, 5.74) is 0. The first-order valence-corrected chi connectivity index (χ1v) is 0.548. The van der Waals surface area contributed by atoms with E-state index in [-0.39, 0.29) is 50.6 Å². The molecule has 0 aromatic heterocycles. The van der Waals surface area contributed by atoms with Crippen LogP contribution in [-0.2, 0) is 39.6 Å². The largest absolute Gasteiger partial charge is 2.00 e. The van der Waals surface area contributed by atoms with Crippen molar-refractivity contribution in [3.63, 3.8) is 0 Å². The molecule has 0 fully saturated rings. The third-order valence-corrected chi connectivity index (χ3v) is 0. The summed E-state index contributed by atoms with van der Waals surface area (Å²) in [5.74, 6) is 0. The minimum Gasteiger partial charge on any atom is -2.00 e. The van der Waals surface area contributed by atoms with Crippen molar-refractivity contribution in [2.45, 2.75) is 0 Å². The fourth-order valence-electron chi connectivity index (χ4n) is 0. The molecule has 0 aliphatic carbocycles. The van der Waals surface area contributed by atoms with Gasteiger partial charge in [0.1, 0.15) is 0 Å². The molecule has 0 spiro atoms. The number of rotatable bonds is 0. The van der Waals surface area contributed by atoms with E-state index in [0.29, 0.717) is 0 Å². The van der Waals surface area contributed by atoms with Gasteiger partial charge in [0.15, 0.2) is 0 Å². The summed E-state index contributed by atoms with van der Waals surface area (Å²) in [4.78, 5) is 8.25. The predicted molar refractivity (Wildman–Crippen MR) is 16.6 cm³/mol. The molecule has 0 aliphatic rings. The van der Waals surface area contributed by atoms with Gasteiger partial charge in [-0.2, -0.15) is 0 Å². The van der Waals surface area contributed by atoms with Crippen LogP contribution in [0.2, 0.25) is 0 Å². The Kier molecular flexibility index (Phi) is 290.